The third-order valence-electron chi connectivity index (χ3n) is 5.17. The Morgan fingerprint density at radius 2 is 1.74 bits per heavy atom. The van der Waals surface area contributed by atoms with E-state index in [0.29, 0.717) is 33.5 Å². The number of rotatable bonds is 7. The van der Waals surface area contributed by atoms with Gasteiger partial charge in [-0.25, -0.2) is 4.98 Å². The van der Waals surface area contributed by atoms with Gasteiger partial charge in [-0.1, -0.05) is 24.6 Å². The standard InChI is InChI=1S/C23H27N3O4S/c1-28-19-11-17(12-20(29-2)22(19)30-3)25-21(27)14-31-23-16(13-24)10-15-8-6-4-5-7-9-18(15)26-23/h10-12H,4-9,14H2,1-3H3,(H,25,27). The highest BCUT2D eigenvalue weighted by Crippen LogP contribution is 2.40. The first kappa shape index (κ1) is 22.8. The molecule has 8 heteroatoms. The number of hydrogen-bond acceptors (Lipinski definition) is 7. The zero-order valence-corrected chi connectivity index (χ0v) is 18.9. The second kappa shape index (κ2) is 10.9. The van der Waals surface area contributed by atoms with Gasteiger partial charge >= 0.3 is 0 Å². The number of anilines is 1. The van der Waals surface area contributed by atoms with Crippen LogP contribution in [0.15, 0.2) is 23.2 Å². The van der Waals surface area contributed by atoms with Crippen LogP contribution in [0.5, 0.6) is 17.2 Å². The first-order chi connectivity index (χ1) is 15.1. The maximum atomic E-state index is 12.6. The molecule has 31 heavy (non-hydrogen) atoms. The van der Waals surface area contributed by atoms with Crippen molar-refractivity contribution in [1.29, 1.82) is 5.26 Å². The van der Waals surface area contributed by atoms with Gasteiger partial charge in [0.05, 0.1) is 32.6 Å². The number of amides is 1. The van der Waals surface area contributed by atoms with E-state index in [4.69, 9.17) is 19.2 Å². The maximum Gasteiger partial charge on any atom is 0.234 e. The second-order valence-corrected chi connectivity index (χ2v) is 8.19. The Morgan fingerprint density at radius 1 is 1.06 bits per heavy atom. The summed E-state index contributed by atoms with van der Waals surface area (Å²) in [5.41, 5.74) is 3.30. The van der Waals surface area contributed by atoms with Gasteiger partial charge in [0.1, 0.15) is 11.1 Å². The molecule has 1 aromatic heterocycles. The Hall–Kier alpha value is -2.92. The average molecular weight is 442 g/mol. The largest absolute Gasteiger partial charge is 0.493 e. The Morgan fingerprint density at radius 3 is 2.35 bits per heavy atom. The van der Waals surface area contributed by atoms with Crippen molar-refractivity contribution in [3.8, 4) is 23.3 Å². The smallest absolute Gasteiger partial charge is 0.234 e. The van der Waals surface area contributed by atoms with Crippen LogP contribution in [0, 0.1) is 11.3 Å². The van der Waals surface area contributed by atoms with Crippen molar-refractivity contribution in [2.24, 2.45) is 0 Å². The maximum absolute atomic E-state index is 12.6. The summed E-state index contributed by atoms with van der Waals surface area (Å²) in [7, 11) is 4.57. The Balaban J connectivity index is 1.72. The molecule has 1 aliphatic rings. The van der Waals surface area contributed by atoms with Crippen molar-refractivity contribution in [2.75, 3.05) is 32.4 Å². The normalized spacial score (nSPS) is 13.2. The molecular weight excluding hydrogens is 414 g/mol. The van der Waals surface area contributed by atoms with Gasteiger partial charge in [0.15, 0.2) is 11.5 Å². The van der Waals surface area contributed by atoms with Crippen molar-refractivity contribution < 1.29 is 19.0 Å². The summed E-state index contributed by atoms with van der Waals surface area (Å²) in [5, 5.41) is 13.0. The molecule has 0 saturated heterocycles. The van der Waals surface area contributed by atoms with Crippen molar-refractivity contribution in [3.63, 3.8) is 0 Å². The number of nitrogens with zero attached hydrogens (tertiary/aromatic N) is 2. The van der Waals surface area contributed by atoms with E-state index in [9.17, 15) is 10.1 Å². The van der Waals surface area contributed by atoms with Crippen LogP contribution in [-0.2, 0) is 17.6 Å². The molecule has 1 heterocycles. The lowest BCUT2D eigenvalue weighted by atomic mass is 9.96. The summed E-state index contributed by atoms with van der Waals surface area (Å²) in [6.45, 7) is 0. The minimum Gasteiger partial charge on any atom is -0.493 e. The van der Waals surface area contributed by atoms with Gasteiger partial charge in [0, 0.05) is 23.5 Å². The third kappa shape index (κ3) is 5.61. The Kier molecular flexibility index (Phi) is 8.01. The zero-order valence-electron chi connectivity index (χ0n) is 18.1. The number of carbonyl (C=O) groups is 1. The van der Waals surface area contributed by atoms with Crippen molar-refractivity contribution >= 4 is 23.4 Å². The quantitative estimate of drug-likeness (QED) is 0.638. The molecule has 164 valence electrons. The molecule has 1 aliphatic carbocycles. The molecule has 0 fully saturated rings. The third-order valence-corrected chi connectivity index (χ3v) is 6.17. The highest BCUT2D eigenvalue weighted by atomic mass is 32.2. The zero-order chi connectivity index (χ0) is 22.2. The molecule has 0 atom stereocenters. The van der Waals surface area contributed by atoms with Crippen LogP contribution < -0.4 is 19.5 Å². The van der Waals surface area contributed by atoms with Crippen LogP contribution in [0.4, 0.5) is 5.69 Å². The van der Waals surface area contributed by atoms with Gasteiger partial charge in [-0.2, -0.15) is 5.26 Å². The van der Waals surface area contributed by atoms with E-state index >= 15 is 0 Å². The van der Waals surface area contributed by atoms with Crippen LogP contribution in [0.25, 0.3) is 0 Å². The van der Waals surface area contributed by atoms with Gasteiger partial charge in [0.25, 0.3) is 0 Å². The number of aryl methyl sites for hydroxylation is 2. The molecule has 0 saturated carbocycles. The highest BCUT2D eigenvalue weighted by Gasteiger charge is 2.17. The summed E-state index contributed by atoms with van der Waals surface area (Å²) in [4.78, 5) is 17.3. The van der Waals surface area contributed by atoms with Gasteiger partial charge < -0.3 is 19.5 Å². The molecule has 1 amide bonds. The van der Waals surface area contributed by atoms with Crippen LogP contribution >= 0.6 is 11.8 Å². The Labute approximate surface area is 187 Å². The van der Waals surface area contributed by atoms with E-state index in [1.807, 2.05) is 6.07 Å². The number of methoxy groups -OCH3 is 3. The van der Waals surface area contributed by atoms with Crippen molar-refractivity contribution in [3.05, 3.63) is 35.0 Å². The van der Waals surface area contributed by atoms with Crippen molar-refractivity contribution in [2.45, 2.75) is 43.6 Å². The molecule has 1 N–H and O–H groups in total. The first-order valence-corrected chi connectivity index (χ1v) is 11.2. The van der Waals surface area contributed by atoms with E-state index in [-0.39, 0.29) is 11.7 Å². The monoisotopic (exact) mass is 441 g/mol. The number of pyridine rings is 1. The van der Waals surface area contributed by atoms with Crippen LogP contribution in [0.2, 0.25) is 0 Å². The topological polar surface area (TPSA) is 93.5 Å². The molecule has 3 rings (SSSR count). The number of ether oxygens (including phenoxy) is 3. The summed E-state index contributed by atoms with van der Waals surface area (Å²) >= 11 is 1.28. The highest BCUT2D eigenvalue weighted by molar-refractivity contribution is 8.00. The van der Waals surface area contributed by atoms with Gasteiger partial charge in [-0.05, 0) is 37.3 Å². The summed E-state index contributed by atoms with van der Waals surface area (Å²) in [6.07, 6.45) is 6.55. The summed E-state index contributed by atoms with van der Waals surface area (Å²) < 4.78 is 16.0. The fraction of sp³-hybridized carbons (Fsp3) is 0.435. The second-order valence-electron chi connectivity index (χ2n) is 7.22. The number of aromatic nitrogens is 1. The van der Waals surface area contributed by atoms with E-state index in [1.54, 1.807) is 12.1 Å². The first-order valence-electron chi connectivity index (χ1n) is 10.2. The summed E-state index contributed by atoms with van der Waals surface area (Å²) in [6, 6.07) is 7.54. The predicted molar refractivity (Wildman–Crippen MR) is 120 cm³/mol. The number of hydrogen-bond donors (Lipinski definition) is 1. The fourth-order valence-electron chi connectivity index (χ4n) is 3.64. The lowest BCUT2D eigenvalue weighted by Gasteiger charge is -2.16. The van der Waals surface area contributed by atoms with Gasteiger partial charge in [0.2, 0.25) is 11.7 Å². The Bertz CT molecular complexity index is 963. The van der Waals surface area contributed by atoms with Crippen LogP contribution in [0.3, 0.4) is 0 Å². The molecule has 0 bridgehead atoms. The molecule has 0 spiro atoms. The number of fused-ring (bicyclic) bond motifs is 1. The number of nitrogens with one attached hydrogen (secondary N) is 1. The van der Waals surface area contributed by atoms with Crippen LogP contribution in [0.1, 0.15) is 42.5 Å². The van der Waals surface area contributed by atoms with Gasteiger partial charge in [-0.15, -0.1) is 0 Å². The molecule has 0 aliphatic heterocycles. The van der Waals surface area contributed by atoms with E-state index in [1.165, 1.54) is 51.5 Å². The number of benzene rings is 1. The molecule has 7 nitrogen and oxygen atoms in total. The van der Waals surface area contributed by atoms with E-state index in [0.717, 1.165) is 31.4 Å². The van der Waals surface area contributed by atoms with Crippen molar-refractivity contribution in [1.82, 2.24) is 4.98 Å². The fourth-order valence-corrected chi connectivity index (χ4v) is 4.42. The minimum absolute atomic E-state index is 0.136. The lowest BCUT2D eigenvalue weighted by Crippen LogP contribution is -2.15. The SMILES string of the molecule is COc1cc(NC(=O)CSc2nc3c(cc2C#N)CCCCCC3)cc(OC)c1OC. The number of carbonyl (C=O) groups excluding carboxylic acids is 1. The molecule has 0 unspecified atom stereocenters. The molecule has 0 radical (unpaired) electrons. The van der Waals surface area contributed by atoms with E-state index in [2.05, 4.69) is 11.4 Å². The minimum atomic E-state index is -0.211. The number of thioether (sulfide) groups is 1. The summed E-state index contributed by atoms with van der Waals surface area (Å²) in [5.74, 6) is 1.30. The molecular formula is C23H27N3O4S. The van der Waals surface area contributed by atoms with E-state index < -0.39 is 0 Å². The van der Waals surface area contributed by atoms with Gasteiger partial charge in [-0.3, -0.25) is 4.79 Å². The number of nitriles is 1. The molecule has 2 aromatic rings. The van der Waals surface area contributed by atoms with Crippen LogP contribution in [-0.4, -0.2) is 38.0 Å². The lowest BCUT2D eigenvalue weighted by molar-refractivity contribution is -0.113. The average Bonchev–Trinajstić information content (AvgIpc) is 2.77. The predicted octanol–water partition coefficient (Wildman–Crippen LogP) is 4.37. The molecule has 1 aromatic carbocycles.